The highest BCUT2D eigenvalue weighted by atomic mass is 16.3. The molecule has 1 aromatic heterocycles. The molecule has 3 heteroatoms. The van der Waals surface area contributed by atoms with Gasteiger partial charge in [0.2, 0.25) is 0 Å². The molecular weight excluding hydrogens is 512 g/mol. The lowest BCUT2D eigenvalue weighted by Crippen LogP contribution is -2.34. The molecular formula is C39H28N2O. The Morgan fingerprint density at radius 3 is 1.93 bits per heavy atom. The third kappa shape index (κ3) is 4.15. The molecule has 0 aliphatic carbocycles. The number of nitrogens with one attached hydrogen (secondary N) is 1. The van der Waals surface area contributed by atoms with Gasteiger partial charge in [-0.05, 0) is 75.6 Å². The molecule has 6 aromatic carbocycles. The SMILES string of the molecule is C1=Cc2c(oc3ccccc23)C(N(c2ccc(-c3ccccc3)cc2)c2ccc(-c3cccc4ccccc34)cc2)N1. The highest BCUT2D eigenvalue weighted by molar-refractivity contribution is 5.97. The number of nitrogens with zero attached hydrogens (tertiary/aromatic N) is 1. The van der Waals surface area contributed by atoms with Crippen molar-refractivity contribution in [2.24, 2.45) is 0 Å². The molecule has 7 aromatic rings. The fourth-order valence-corrected chi connectivity index (χ4v) is 6.12. The van der Waals surface area contributed by atoms with Crippen molar-refractivity contribution < 1.29 is 4.42 Å². The summed E-state index contributed by atoms with van der Waals surface area (Å²) in [6.45, 7) is 0. The number of anilines is 2. The van der Waals surface area contributed by atoms with Crippen LogP contribution >= 0.6 is 0 Å². The number of para-hydroxylation sites is 1. The van der Waals surface area contributed by atoms with Gasteiger partial charge in [0.05, 0.1) is 0 Å². The molecule has 200 valence electrons. The first-order chi connectivity index (χ1) is 20.8. The maximum Gasteiger partial charge on any atom is 0.164 e. The number of hydrogen-bond acceptors (Lipinski definition) is 3. The Balaban J connectivity index is 1.24. The predicted octanol–water partition coefficient (Wildman–Crippen LogP) is 10.3. The van der Waals surface area contributed by atoms with Crippen LogP contribution in [0.5, 0.6) is 0 Å². The first kappa shape index (κ1) is 24.3. The molecule has 0 spiro atoms. The van der Waals surface area contributed by atoms with Gasteiger partial charge in [0.1, 0.15) is 5.58 Å². The Labute approximate surface area is 245 Å². The monoisotopic (exact) mass is 540 g/mol. The zero-order valence-electron chi connectivity index (χ0n) is 22.9. The molecule has 3 nitrogen and oxygen atoms in total. The third-order valence-corrected chi connectivity index (χ3v) is 8.17. The van der Waals surface area contributed by atoms with Crippen molar-refractivity contribution in [3.8, 4) is 22.3 Å². The number of fused-ring (bicyclic) bond motifs is 4. The second-order valence-corrected chi connectivity index (χ2v) is 10.6. The van der Waals surface area contributed by atoms with Gasteiger partial charge in [-0.1, -0.05) is 115 Å². The van der Waals surface area contributed by atoms with Gasteiger partial charge in [0, 0.05) is 22.3 Å². The van der Waals surface area contributed by atoms with E-state index in [4.69, 9.17) is 4.42 Å². The minimum Gasteiger partial charge on any atom is -0.456 e. The third-order valence-electron chi connectivity index (χ3n) is 8.17. The van der Waals surface area contributed by atoms with Gasteiger partial charge in [0.15, 0.2) is 11.9 Å². The van der Waals surface area contributed by atoms with Crippen molar-refractivity contribution in [3.63, 3.8) is 0 Å². The molecule has 0 saturated carbocycles. The van der Waals surface area contributed by atoms with E-state index < -0.39 is 0 Å². The van der Waals surface area contributed by atoms with Crippen LogP contribution in [0.25, 0.3) is 50.1 Å². The Morgan fingerprint density at radius 1 is 0.524 bits per heavy atom. The molecule has 42 heavy (non-hydrogen) atoms. The molecule has 1 unspecified atom stereocenters. The Bertz CT molecular complexity index is 2050. The minimum absolute atomic E-state index is 0.219. The van der Waals surface area contributed by atoms with Gasteiger partial charge >= 0.3 is 0 Å². The van der Waals surface area contributed by atoms with E-state index in [0.29, 0.717) is 0 Å². The molecule has 0 bridgehead atoms. The molecule has 1 atom stereocenters. The van der Waals surface area contributed by atoms with E-state index in [-0.39, 0.29) is 6.17 Å². The summed E-state index contributed by atoms with van der Waals surface area (Å²) in [4.78, 5) is 2.33. The van der Waals surface area contributed by atoms with Gasteiger partial charge < -0.3 is 14.6 Å². The minimum atomic E-state index is -0.219. The Hall–Kier alpha value is -5.54. The second-order valence-electron chi connectivity index (χ2n) is 10.6. The van der Waals surface area contributed by atoms with Crippen molar-refractivity contribution in [1.29, 1.82) is 0 Å². The summed E-state index contributed by atoms with van der Waals surface area (Å²) in [6, 6.07) is 51.5. The van der Waals surface area contributed by atoms with E-state index in [1.54, 1.807) is 0 Å². The number of furan rings is 1. The number of benzene rings is 6. The van der Waals surface area contributed by atoms with E-state index in [1.165, 1.54) is 33.0 Å². The van der Waals surface area contributed by atoms with Crippen LogP contribution in [0.4, 0.5) is 11.4 Å². The number of rotatable bonds is 5. The molecule has 8 rings (SSSR count). The summed E-state index contributed by atoms with van der Waals surface area (Å²) in [6.07, 6.45) is 3.92. The Kier molecular flexibility index (Phi) is 5.86. The van der Waals surface area contributed by atoms with Gasteiger partial charge in [-0.15, -0.1) is 0 Å². The smallest absolute Gasteiger partial charge is 0.164 e. The highest BCUT2D eigenvalue weighted by Gasteiger charge is 2.30. The van der Waals surface area contributed by atoms with E-state index in [0.717, 1.165) is 33.7 Å². The molecule has 0 fully saturated rings. The lowest BCUT2D eigenvalue weighted by Gasteiger charge is -2.34. The van der Waals surface area contributed by atoms with E-state index >= 15 is 0 Å². The zero-order valence-corrected chi connectivity index (χ0v) is 22.9. The summed E-state index contributed by atoms with van der Waals surface area (Å²) in [5, 5.41) is 7.23. The lowest BCUT2D eigenvalue weighted by atomic mass is 9.98. The fraction of sp³-hybridized carbons (Fsp3) is 0.0256. The van der Waals surface area contributed by atoms with Crippen LogP contribution in [0.3, 0.4) is 0 Å². The zero-order chi connectivity index (χ0) is 27.9. The quantitative estimate of drug-likeness (QED) is 0.235. The molecule has 1 N–H and O–H groups in total. The molecule has 1 aliphatic rings. The normalized spacial score (nSPS) is 14.0. The predicted molar refractivity (Wildman–Crippen MR) is 175 cm³/mol. The van der Waals surface area contributed by atoms with Crippen LogP contribution < -0.4 is 10.2 Å². The lowest BCUT2D eigenvalue weighted by molar-refractivity contribution is 0.462. The summed E-state index contributed by atoms with van der Waals surface area (Å²) in [5.74, 6) is 0.906. The largest absolute Gasteiger partial charge is 0.456 e. The molecule has 0 saturated heterocycles. The van der Waals surface area contributed by atoms with Crippen LogP contribution in [-0.4, -0.2) is 0 Å². The number of hydrogen-bond donors (Lipinski definition) is 1. The topological polar surface area (TPSA) is 28.4 Å². The summed E-state index contributed by atoms with van der Waals surface area (Å²) >= 11 is 0. The van der Waals surface area contributed by atoms with Gasteiger partial charge in [0.25, 0.3) is 0 Å². The van der Waals surface area contributed by atoms with Crippen LogP contribution in [0.15, 0.2) is 156 Å². The summed E-state index contributed by atoms with van der Waals surface area (Å²) in [5.41, 5.74) is 8.98. The first-order valence-electron chi connectivity index (χ1n) is 14.3. The highest BCUT2D eigenvalue weighted by Crippen LogP contribution is 2.42. The van der Waals surface area contributed by atoms with Crippen molar-refractivity contribution in [2.75, 3.05) is 4.90 Å². The van der Waals surface area contributed by atoms with Crippen molar-refractivity contribution in [1.82, 2.24) is 5.32 Å². The van der Waals surface area contributed by atoms with Crippen molar-refractivity contribution >= 4 is 39.2 Å². The maximum atomic E-state index is 6.51. The van der Waals surface area contributed by atoms with Gasteiger partial charge in [-0.25, -0.2) is 0 Å². The standard InChI is InChI=1S/C39H28N2O/c1-2-9-27(10-3-1)28-17-21-31(22-18-28)41(39-38-36(25-26-40-39)35-14-6-7-16-37(35)42-38)32-23-19-30(20-24-32)34-15-8-12-29-11-4-5-13-33(29)34/h1-26,39-40H. The summed E-state index contributed by atoms with van der Waals surface area (Å²) in [7, 11) is 0. The van der Waals surface area contributed by atoms with Crippen molar-refractivity contribution in [3.05, 3.63) is 163 Å². The fourth-order valence-electron chi connectivity index (χ4n) is 6.12. The van der Waals surface area contributed by atoms with Crippen LogP contribution in [0.1, 0.15) is 17.5 Å². The molecule has 0 radical (unpaired) electrons. The van der Waals surface area contributed by atoms with Crippen molar-refractivity contribution in [2.45, 2.75) is 6.17 Å². The van der Waals surface area contributed by atoms with Crippen LogP contribution in [0, 0.1) is 0 Å². The molecule has 2 heterocycles. The van der Waals surface area contributed by atoms with E-state index in [9.17, 15) is 0 Å². The second kappa shape index (κ2) is 10.1. The average molecular weight is 541 g/mol. The molecule has 1 aliphatic heterocycles. The first-order valence-corrected chi connectivity index (χ1v) is 14.3. The van der Waals surface area contributed by atoms with E-state index in [2.05, 4.69) is 150 Å². The maximum absolute atomic E-state index is 6.51. The van der Waals surface area contributed by atoms with Crippen LogP contribution in [-0.2, 0) is 0 Å². The van der Waals surface area contributed by atoms with Crippen LogP contribution in [0.2, 0.25) is 0 Å². The average Bonchev–Trinajstić information content (AvgIpc) is 3.45. The van der Waals surface area contributed by atoms with Gasteiger partial charge in [-0.2, -0.15) is 0 Å². The van der Waals surface area contributed by atoms with Gasteiger partial charge in [-0.3, -0.25) is 0 Å². The Morgan fingerprint density at radius 2 is 1.14 bits per heavy atom. The molecule has 0 amide bonds. The van der Waals surface area contributed by atoms with E-state index in [1.807, 2.05) is 18.3 Å². The summed E-state index contributed by atoms with van der Waals surface area (Å²) < 4.78 is 6.51.